The molecule has 0 saturated carbocycles. The number of carboxylic acid groups (broad SMARTS) is 1. The van der Waals surface area contributed by atoms with Crippen molar-refractivity contribution in [3.05, 3.63) is 34.9 Å². The van der Waals surface area contributed by atoms with Gasteiger partial charge in [0.15, 0.2) is 0 Å². The van der Waals surface area contributed by atoms with Crippen molar-refractivity contribution >= 4 is 29.3 Å². The summed E-state index contributed by atoms with van der Waals surface area (Å²) in [6, 6.07) is 6.25. The molecule has 0 spiro atoms. The summed E-state index contributed by atoms with van der Waals surface area (Å²) in [6.07, 6.45) is 2.71. The lowest BCUT2D eigenvalue weighted by atomic mass is 10.1. The average Bonchev–Trinajstić information content (AvgIpc) is 2.45. The molecule has 114 valence electrons. The first-order valence-electron chi connectivity index (χ1n) is 7.17. The second kappa shape index (κ2) is 6.96. The number of rotatable bonds is 4. The molecule has 1 fully saturated rings. The van der Waals surface area contributed by atoms with Gasteiger partial charge < -0.3 is 10.0 Å². The van der Waals surface area contributed by atoms with Crippen LogP contribution in [0, 0.1) is 0 Å². The Morgan fingerprint density at radius 1 is 1.29 bits per heavy atom. The SMILES string of the molecule is CC(C)N1CCN(c2cccc(Cl)c2/C=C/C(=O)O)CC1. The molecule has 4 nitrogen and oxygen atoms in total. The number of carbonyl (C=O) groups is 1. The van der Waals surface area contributed by atoms with E-state index in [1.165, 1.54) is 0 Å². The minimum atomic E-state index is -0.967. The number of hydrogen-bond donors (Lipinski definition) is 1. The van der Waals surface area contributed by atoms with E-state index in [0.29, 0.717) is 11.1 Å². The molecule has 0 radical (unpaired) electrons. The van der Waals surface area contributed by atoms with E-state index in [4.69, 9.17) is 16.7 Å². The Kier molecular flexibility index (Phi) is 5.26. The third kappa shape index (κ3) is 3.99. The molecule has 1 heterocycles. The first kappa shape index (κ1) is 15.9. The molecule has 1 aliphatic heterocycles. The first-order valence-corrected chi connectivity index (χ1v) is 7.55. The number of piperazine rings is 1. The maximum atomic E-state index is 10.7. The van der Waals surface area contributed by atoms with Gasteiger partial charge in [0.2, 0.25) is 0 Å². The fourth-order valence-corrected chi connectivity index (χ4v) is 2.83. The summed E-state index contributed by atoms with van der Waals surface area (Å²) >= 11 is 6.23. The molecule has 1 N–H and O–H groups in total. The topological polar surface area (TPSA) is 43.8 Å². The second-order valence-electron chi connectivity index (χ2n) is 5.46. The van der Waals surface area contributed by atoms with Crippen LogP contribution in [0.4, 0.5) is 5.69 Å². The van der Waals surface area contributed by atoms with Crippen LogP contribution < -0.4 is 4.90 Å². The lowest BCUT2D eigenvalue weighted by molar-refractivity contribution is -0.131. The van der Waals surface area contributed by atoms with Crippen molar-refractivity contribution in [1.29, 1.82) is 0 Å². The molecule has 1 aromatic rings. The van der Waals surface area contributed by atoms with E-state index in [9.17, 15) is 4.79 Å². The van der Waals surface area contributed by atoms with Crippen LogP contribution in [0.15, 0.2) is 24.3 Å². The zero-order valence-electron chi connectivity index (χ0n) is 12.4. The van der Waals surface area contributed by atoms with Crippen molar-refractivity contribution in [2.75, 3.05) is 31.1 Å². The zero-order valence-corrected chi connectivity index (χ0v) is 13.2. The quantitative estimate of drug-likeness (QED) is 0.869. The molecular weight excluding hydrogens is 288 g/mol. The lowest BCUT2D eigenvalue weighted by Crippen LogP contribution is -2.49. The van der Waals surface area contributed by atoms with Crippen molar-refractivity contribution in [2.24, 2.45) is 0 Å². The van der Waals surface area contributed by atoms with E-state index in [1.807, 2.05) is 12.1 Å². The summed E-state index contributed by atoms with van der Waals surface area (Å²) in [5.41, 5.74) is 1.78. The van der Waals surface area contributed by atoms with Crippen LogP contribution in [-0.2, 0) is 4.79 Å². The maximum Gasteiger partial charge on any atom is 0.328 e. The van der Waals surface area contributed by atoms with Gasteiger partial charge in [0.25, 0.3) is 0 Å². The van der Waals surface area contributed by atoms with Gasteiger partial charge in [-0.1, -0.05) is 17.7 Å². The van der Waals surface area contributed by atoms with Gasteiger partial charge in [-0.05, 0) is 32.1 Å². The summed E-state index contributed by atoms with van der Waals surface area (Å²) < 4.78 is 0. The van der Waals surface area contributed by atoms with Gasteiger partial charge in [0.05, 0.1) is 0 Å². The van der Waals surface area contributed by atoms with Crippen LogP contribution in [0.5, 0.6) is 0 Å². The molecule has 0 aliphatic carbocycles. The van der Waals surface area contributed by atoms with Crippen LogP contribution in [0.25, 0.3) is 6.08 Å². The predicted molar refractivity (Wildman–Crippen MR) is 87.0 cm³/mol. The van der Waals surface area contributed by atoms with Gasteiger partial charge in [0.1, 0.15) is 0 Å². The van der Waals surface area contributed by atoms with Gasteiger partial charge in [0, 0.05) is 54.6 Å². The molecule has 0 aromatic heterocycles. The number of anilines is 1. The van der Waals surface area contributed by atoms with E-state index in [2.05, 4.69) is 23.6 Å². The molecule has 0 unspecified atom stereocenters. The van der Waals surface area contributed by atoms with Gasteiger partial charge in [-0.15, -0.1) is 0 Å². The smallest absolute Gasteiger partial charge is 0.328 e. The van der Waals surface area contributed by atoms with E-state index < -0.39 is 5.97 Å². The predicted octanol–water partition coefficient (Wildman–Crippen LogP) is 2.97. The van der Waals surface area contributed by atoms with Gasteiger partial charge in [-0.3, -0.25) is 4.90 Å². The Labute approximate surface area is 130 Å². The van der Waals surface area contributed by atoms with Crippen molar-refractivity contribution in [2.45, 2.75) is 19.9 Å². The summed E-state index contributed by atoms with van der Waals surface area (Å²) in [7, 11) is 0. The number of benzene rings is 1. The van der Waals surface area contributed by atoms with Gasteiger partial charge in [-0.25, -0.2) is 4.79 Å². The molecule has 2 rings (SSSR count). The van der Waals surface area contributed by atoms with Gasteiger partial charge in [-0.2, -0.15) is 0 Å². The molecule has 1 saturated heterocycles. The van der Waals surface area contributed by atoms with E-state index in [-0.39, 0.29) is 0 Å². The van der Waals surface area contributed by atoms with E-state index in [1.54, 1.807) is 12.1 Å². The van der Waals surface area contributed by atoms with Crippen LogP contribution in [0.1, 0.15) is 19.4 Å². The lowest BCUT2D eigenvalue weighted by Gasteiger charge is -2.38. The Balaban J connectivity index is 2.20. The summed E-state index contributed by atoms with van der Waals surface area (Å²) in [5.74, 6) is -0.967. The third-order valence-corrected chi connectivity index (χ3v) is 4.14. The minimum Gasteiger partial charge on any atom is -0.478 e. The number of nitrogens with zero attached hydrogens (tertiary/aromatic N) is 2. The first-order chi connectivity index (χ1) is 9.99. The summed E-state index contributed by atoms with van der Waals surface area (Å²) in [6.45, 7) is 8.27. The molecule has 1 aliphatic rings. The Morgan fingerprint density at radius 3 is 2.52 bits per heavy atom. The monoisotopic (exact) mass is 308 g/mol. The van der Waals surface area contributed by atoms with E-state index >= 15 is 0 Å². The van der Waals surface area contributed by atoms with Crippen LogP contribution in [-0.4, -0.2) is 48.2 Å². The highest BCUT2D eigenvalue weighted by molar-refractivity contribution is 6.32. The molecule has 21 heavy (non-hydrogen) atoms. The van der Waals surface area contributed by atoms with Gasteiger partial charge >= 0.3 is 5.97 Å². The molecule has 0 bridgehead atoms. The largest absolute Gasteiger partial charge is 0.478 e. The minimum absolute atomic E-state index is 0.554. The number of carboxylic acids is 1. The standard InChI is InChI=1S/C16H21ClN2O2/c1-12(2)18-8-10-19(11-9-18)15-5-3-4-14(17)13(15)6-7-16(20)21/h3-7,12H,8-11H2,1-2H3,(H,20,21)/b7-6+. The fraction of sp³-hybridized carbons (Fsp3) is 0.438. The average molecular weight is 309 g/mol. The number of hydrogen-bond acceptors (Lipinski definition) is 3. The molecule has 1 aromatic carbocycles. The normalized spacial score (nSPS) is 16.9. The molecule has 0 amide bonds. The third-order valence-electron chi connectivity index (χ3n) is 3.81. The Morgan fingerprint density at radius 2 is 1.95 bits per heavy atom. The Bertz CT molecular complexity index is 535. The van der Waals surface area contributed by atoms with Crippen LogP contribution >= 0.6 is 11.6 Å². The summed E-state index contributed by atoms with van der Waals surface area (Å²) in [5, 5.41) is 9.39. The van der Waals surface area contributed by atoms with Crippen molar-refractivity contribution < 1.29 is 9.90 Å². The molecular formula is C16H21ClN2O2. The molecule has 5 heteroatoms. The van der Waals surface area contributed by atoms with Crippen LogP contribution in [0.3, 0.4) is 0 Å². The summed E-state index contributed by atoms with van der Waals surface area (Å²) in [4.78, 5) is 15.4. The highest BCUT2D eigenvalue weighted by Gasteiger charge is 2.20. The second-order valence-corrected chi connectivity index (χ2v) is 5.87. The van der Waals surface area contributed by atoms with Crippen molar-refractivity contribution in [1.82, 2.24) is 4.90 Å². The highest BCUT2D eigenvalue weighted by atomic mass is 35.5. The molecule has 0 atom stereocenters. The fourth-order valence-electron chi connectivity index (χ4n) is 2.60. The van der Waals surface area contributed by atoms with Crippen molar-refractivity contribution in [3.63, 3.8) is 0 Å². The highest BCUT2D eigenvalue weighted by Crippen LogP contribution is 2.29. The number of halogens is 1. The van der Waals surface area contributed by atoms with Crippen molar-refractivity contribution in [3.8, 4) is 0 Å². The zero-order chi connectivity index (χ0) is 15.4. The Hall–Kier alpha value is -1.52. The van der Waals surface area contributed by atoms with Crippen LogP contribution in [0.2, 0.25) is 5.02 Å². The maximum absolute atomic E-state index is 10.7. The van der Waals surface area contributed by atoms with E-state index in [0.717, 1.165) is 43.5 Å². The number of aliphatic carboxylic acids is 1.